The first kappa shape index (κ1) is 32.0. The third-order valence-electron chi connectivity index (χ3n) is 7.81. The third kappa shape index (κ3) is 8.54. The molecule has 0 aliphatic carbocycles. The van der Waals surface area contributed by atoms with Crippen LogP contribution in [-0.4, -0.2) is 68.2 Å². The van der Waals surface area contributed by atoms with E-state index in [4.69, 9.17) is 11.6 Å². The summed E-state index contributed by atoms with van der Waals surface area (Å²) in [5, 5.41) is 8.85. The molecule has 0 spiro atoms. The Morgan fingerprint density at radius 3 is 2.50 bits per heavy atom. The molecule has 4 rings (SSSR count). The van der Waals surface area contributed by atoms with Crippen molar-refractivity contribution >= 4 is 34.8 Å². The molecular weight excluding hydrogens is 581 g/mol. The molecule has 2 saturated heterocycles. The Balaban J connectivity index is 1.40. The maximum Gasteiger partial charge on any atom is 0.390 e. The summed E-state index contributed by atoms with van der Waals surface area (Å²) >= 11 is 6.21. The SMILES string of the molecule is C[C@@H]1CN(c2cc(Cl)ccc2NC(=O)c2ccc(CNC(=O)CC3CCNCC3)c(F)c2F)CCN1CCC(F)(F)F. The Kier molecular flexibility index (Phi) is 10.7. The van der Waals surface area contributed by atoms with E-state index in [2.05, 4.69) is 16.0 Å². The minimum Gasteiger partial charge on any atom is -0.367 e. The number of benzene rings is 2. The highest BCUT2D eigenvalue weighted by molar-refractivity contribution is 6.31. The summed E-state index contributed by atoms with van der Waals surface area (Å²) in [4.78, 5) is 29.0. The first-order valence-corrected chi connectivity index (χ1v) is 14.4. The molecule has 0 saturated carbocycles. The second-order valence-corrected chi connectivity index (χ2v) is 11.3. The van der Waals surface area contributed by atoms with Crippen molar-refractivity contribution in [2.45, 2.75) is 51.4 Å². The van der Waals surface area contributed by atoms with Crippen molar-refractivity contribution in [2.24, 2.45) is 5.92 Å². The van der Waals surface area contributed by atoms with Gasteiger partial charge in [-0.2, -0.15) is 13.2 Å². The first-order valence-electron chi connectivity index (χ1n) is 14.0. The molecule has 0 bridgehead atoms. The van der Waals surface area contributed by atoms with Crippen LogP contribution < -0.4 is 20.9 Å². The van der Waals surface area contributed by atoms with E-state index in [1.165, 1.54) is 24.3 Å². The molecule has 2 aromatic rings. The molecule has 1 atom stereocenters. The van der Waals surface area contributed by atoms with Gasteiger partial charge >= 0.3 is 6.18 Å². The van der Waals surface area contributed by atoms with Gasteiger partial charge in [-0.15, -0.1) is 0 Å². The molecule has 2 aliphatic heterocycles. The van der Waals surface area contributed by atoms with Crippen molar-refractivity contribution in [3.8, 4) is 0 Å². The summed E-state index contributed by atoms with van der Waals surface area (Å²) < 4.78 is 68.0. The second kappa shape index (κ2) is 14.0. The quantitative estimate of drug-likeness (QED) is 0.332. The van der Waals surface area contributed by atoms with Crippen LogP contribution in [0.15, 0.2) is 30.3 Å². The molecule has 0 unspecified atom stereocenters. The topological polar surface area (TPSA) is 76.7 Å². The van der Waals surface area contributed by atoms with E-state index in [0.717, 1.165) is 25.9 Å². The van der Waals surface area contributed by atoms with E-state index in [9.17, 15) is 27.2 Å². The Labute approximate surface area is 246 Å². The van der Waals surface area contributed by atoms with Crippen LogP contribution in [0.3, 0.4) is 0 Å². The lowest BCUT2D eigenvalue weighted by atomic mass is 9.94. The molecule has 2 aliphatic rings. The highest BCUT2D eigenvalue weighted by Gasteiger charge is 2.32. The number of alkyl halides is 3. The molecule has 2 amide bonds. The molecular formula is C29H35ClF5N5O2. The Morgan fingerprint density at radius 2 is 1.81 bits per heavy atom. The minimum atomic E-state index is -4.24. The highest BCUT2D eigenvalue weighted by atomic mass is 35.5. The van der Waals surface area contributed by atoms with Crippen LogP contribution in [0.4, 0.5) is 33.3 Å². The van der Waals surface area contributed by atoms with Gasteiger partial charge in [-0.25, -0.2) is 8.78 Å². The smallest absolute Gasteiger partial charge is 0.367 e. The standard InChI is InChI=1S/C29H35ClF5N5O2/c1-18-17-40(13-12-39(18)11-8-29(33,34)35)24-15-21(30)3-5-23(24)38-28(42)22-4-2-20(26(31)27(22)32)16-37-25(41)14-19-6-9-36-10-7-19/h2-5,15,18-19,36H,6-14,16-17H2,1H3,(H,37,41)(H,38,42)/t18-/m1/s1. The van der Waals surface area contributed by atoms with Crippen LogP contribution in [0.25, 0.3) is 0 Å². The Bertz CT molecular complexity index is 1270. The van der Waals surface area contributed by atoms with E-state index in [-0.39, 0.29) is 36.5 Å². The van der Waals surface area contributed by atoms with Crippen molar-refractivity contribution in [1.82, 2.24) is 15.5 Å². The van der Waals surface area contributed by atoms with Crippen LogP contribution >= 0.6 is 11.6 Å². The van der Waals surface area contributed by atoms with Gasteiger partial charge in [-0.1, -0.05) is 17.7 Å². The number of amides is 2. The number of nitrogens with one attached hydrogen (secondary N) is 3. The molecule has 2 aromatic carbocycles. The van der Waals surface area contributed by atoms with Crippen LogP contribution in [-0.2, 0) is 11.3 Å². The lowest BCUT2D eigenvalue weighted by Crippen LogP contribution is -2.52. The van der Waals surface area contributed by atoms with E-state index in [1.807, 2.05) is 11.8 Å². The van der Waals surface area contributed by atoms with E-state index in [0.29, 0.717) is 42.5 Å². The number of carbonyl (C=O) groups excluding carboxylic acids is 2. The predicted octanol–water partition coefficient (Wildman–Crippen LogP) is 5.34. The van der Waals surface area contributed by atoms with E-state index < -0.39 is 35.7 Å². The van der Waals surface area contributed by atoms with Crippen molar-refractivity contribution < 1.29 is 31.5 Å². The average molecular weight is 616 g/mol. The average Bonchev–Trinajstić information content (AvgIpc) is 2.94. The minimum absolute atomic E-state index is 0.0766. The van der Waals surface area contributed by atoms with Gasteiger partial charge in [-0.3, -0.25) is 14.5 Å². The fraction of sp³-hybridized carbons (Fsp3) is 0.517. The fourth-order valence-electron chi connectivity index (χ4n) is 5.39. The summed E-state index contributed by atoms with van der Waals surface area (Å²) in [5.41, 5.74) is 0.234. The van der Waals surface area contributed by atoms with Crippen LogP contribution in [0, 0.1) is 17.6 Å². The number of rotatable bonds is 9. The van der Waals surface area contributed by atoms with Gasteiger partial charge in [-0.05, 0) is 63.0 Å². The number of piperidine rings is 1. The van der Waals surface area contributed by atoms with Crippen LogP contribution in [0.1, 0.15) is 48.5 Å². The lowest BCUT2D eigenvalue weighted by molar-refractivity contribution is -0.139. The number of nitrogens with zero attached hydrogens (tertiary/aromatic N) is 2. The van der Waals surface area contributed by atoms with E-state index in [1.54, 1.807) is 11.0 Å². The Morgan fingerprint density at radius 1 is 1.07 bits per heavy atom. The zero-order chi connectivity index (χ0) is 30.4. The molecule has 42 heavy (non-hydrogen) atoms. The van der Waals surface area contributed by atoms with Crippen LogP contribution in [0.5, 0.6) is 0 Å². The van der Waals surface area contributed by atoms with E-state index >= 15 is 4.39 Å². The molecule has 230 valence electrons. The zero-order valence-electron chi connectivity index (χ0n) is 23.3. The van der Waals surface area contributed by atoms with Crippen molar-refractivity contribution in [3.05, 3.63) is 58.1 Å². The maximum absolute atomic E-state index is 15.0. The molecule has 3 N–H and O–H groups in total. The number of anilines is 2. The van der Waals surface area contributed by atoms with Crippen LogP contribution in [0.2, 0.25) is 5.02 Å². The number of hydrogen-bond acceptors (Lipinski definition) is 5. The monoisotopic (exact) mass is 615 g/mol. The van der Waals surface area contributed by atoms with Gasteiger partial charge in [0.05, 0.1) is 23.4 Å². The molecule has 2 heterocycles. The number of carbonyl (C=O) groups is 2. The first-order chi connectivity index (χ1) is 19.9. The lowest BCUT2D eigenvalue weighted by Gasteiger charge is -2.41. The summed E-state index contributed by atoms with van der Waals surface area (Å²) in [6.45, 7) is 4.32. The number of halogens is 6. The summed E-state index contributed by atoms with van der Waals surface area (Å²) in [5.74, 6) is -3.43. The normalized spacial score (nSPS) is 18.6. The van der Waals surface area contributed by atoms with Crippen molar-refractivity contribution in [2.75, 3.05) is 49.5 Å². The maximum atomic E-state index is 15.0. The summed E-state index contributed by atoms with van der Waals surface area (Å²) in [6.07, 6.45) is -3.06. The van der Waals surface area contributed by atoms with Crippen molar-refractivity contribution in [1.29, 1.82) is 0 Å². The molecule has 2 fully saturated rings. The third-order valence-corrected chi connectivity index (χ3v) is 8.05. The second-order valence-electron chi connectivity index (χ2n) is 10.9. The van der Waals surface area contributed by atoms with Gasteiger partial charge in [0, 0.05) is 55.8 Å². The molecule has 0 radical (unpaired) electrons. The summed E-state index contributed by atoms with van der Waals surface area (Å²) in [7, 11) is 0. The van der Waals surface area contributed by atoms with Gasteiger partial charge in [0.2, 0.25) is 5.91 Å². The number of piperazine rings is 1. The van der Waals surface area contributed by atoms with Gasteiger partial charge < -0.3 is 20.9 Å². The summed E-state index contributed by atoms with van der Waals surface area (Å²) in [6, 6.07) is 6.92. The molecule has 7 nitrogen and oxygen atoms in total. The molecule has 0 aromatic heterocycles. The van der Waals surface area contributed by atoms with Gasteiger partial charge in [0.15, 0.2) is 11.6 Å². The highest BCUT2D eigenvalue weighted by Crippen LogP contribution is 2.32. The number of hydrogen-bond donors (Lipinski definition) is 3. The molecule has 13 heteroatoms. The zero-order valence-corrected chi connectivity index (χ0v) is 24.1. The largest absolute Gasteiger partial charge is 0.390 e. The van der Waals surface area contributed by atoms with Gasteiger partial charge in [0.1, 0.15) is 0 Å². The Hall–Kier alpha value is -2.96. The van der Waals surface area contributed by atoms with Crippen molar-refractivity contribution in [3.63, 3.8) is 0 Å². The fourth-order valence-corrected chi connectivity index (χ4v) is 5.56. The predicted molar refractivity (Wildman–Crippen MR) is 152 cm³/mol. The van der Waals surface area contributed by atoms with Gasteiger partial charge in [0.25, 0.3) is 5.91 Å².